The molecule has 0 fully saturated rings. The first-order chi connectivity index (χ1) is 20.7. The first kappa shape index (κ1) is 29.8. The average Bonchev–Trinajstić information content (AvgIpc) is 3.05. The fourth-order valence-electron chi connectivity index (χ4n) is 5.28. The van der Waals surface area contributed by atoms with Gasteiger partial charge in [0.1, 0.15) is 29.1 Å². The summed E-state index contributed by atoms with van der Waals surface area (Å²) < 4.78 is 29.0. The Hall–Kier alpha value is -4.69. The number of halogens is 1. The highest BCUT2D eigenvalue weighted by Gasteiger charge is 2.39. The number of aliphatic carboxylic acids is 1. The number of ether oxygens (including phenoxy) is 5. The molecule has 4 aromatic carbocycles. The molecule has 0 bridgehead atoms. The Morgan fingerprint density at radius 2 is 1.42 bits per heavy atom. The van der Waals surface area contributed by atoms with Gasteiger partial charge in [0.25, 0.3) is 0 Å². The summed E-state index contributed by atoms with van der Waals surface area (Å²) in [5, 5.41) is 9.03. The predicted molar refractivity (Wildman–Crippen MR) is 163 cm³/mol. The van der Waals surface area contributed by atoms with Gasteiger partial charge in [-0.2, -0.15) is 0 Å². The maximum absolute atomic E-state index is 12.6. The lowest BCUT2D eigenvalue weighted by atomic mass is 9.82. The van der Waals surface area contributed by atoms with Crippen molar-refractivity contribution in [3.63, 3.8) is 0 Å². The smallest absolute Gasteiger partial charge is 0.336 e. The van der Waals surface area contributed by atoms with Crippen molar-refractivity contribution in [2.24, 2.45) is 0 Å². The molecule has 2 unspecified atom stereocenters. The third-order valence-electron chi connectivity index (χ3n) is 7.56. The number of esters is 1. The summed E-state index contributed by atoms with van der Waals surface area (Å²) in [6, 6.07) is 22.9. The quantitative estimate of drug-likeness (QED) is 0.119. The van der Waals surface area contributed by atoms with Crippen molar-refractivity contribution >= 4 is 40.4 Å². The molecular formula is C34H31ClO8. The second-order valence-corrected chi connectivity index (χ2v) is 10.4. The van der Waals surface area contributed by atoms with Crippen LogP contribution in [0.3, 0.4) is 0 Å². The monoisotopic (exact) mass is 602 g/mol. The van der Waals surface area contributed by atoms with Gasteiger partial charge >= 0.3 is 11.9 Å². The standard InChI is InChI=1S/C34H31ClO8/c1-5-29(42-33(38)30(35)32(36)37)28-19-20-18-25(41-4)14-15-26(20)31-27(28)16-17-34(43-31,21-6-10-23(39-2)11-7-21)22-8-12-24(40-3)13-9-22/h6-19,29-30H,5H2,1-4H3,(H,36,37). The summed E-state index contributed by atoms with van der Waals surface area (Å²) in [5.41, 5.74) is 2.03. The average molecular weight is 603 g/mol. The summed E-state index contributed by atoms with van der Waals surface area (Å²) in [4.78, 5) is 24.0. The molecule has 9 heteroatoms. The molecule has 0 amide bonds. The van der Waals surface area contributed by atoms with Gasteiger partial charge in [-0.15, -0.1) is 0 Å². The van der Waals surface area contributed by atoms with Crippen LogP contribution >= 0.6 is 11.6 Å². The number of carbonyl (C=O) groups is 2. The summed E-state index contributed by atoms with van der Waals surface area (Å²) in [7, 11) is 4.81. The Kier molecular flexibility index (Phi) is 8.50. The first-order valence-corrected chi connectivity index (χ1v) is 14.1. The number of alkyl halides is 1. The van der Waals surface area contributed by atoms with Crippen molar-refractivity contribution in [2.75, 3.05) is 21.3 Å². The van der Waals surface area contributed by atoms with E-state index in [1.807, 2.05) is 91.9 Å². The normalized spacial score (nSPS) is 14.6. The minimum Gasteiger partial charge on any atom is -0.497 e. The van der Waals surface area contributed by atoms with E-state index in [1.165, 1.54) is 0 Å². The number of fused-ring (bicyclic) bond motifs is 3. The van der Waals surface area contributed by atoms with Gasteiger partial charge in [-0.1, -0.05) is 48.9 Å². The van der Waals surface area contributed by atoms with E-state index in [4.69, 9.17) is 35.3 Å². The Bertz CT molecular complexity index is 1630. The number of benzene rings is 4. The van der Waals surface area contributed by atoms with E-state index in [2.05, 4.69) is 0 Å². The number of carboxylic acid groups (broad SMARTS) is 1. The van der Waals surface area contributed by atoms with Crippen LogP contribution in [0.15, 0.2) is 78.9 Å². The van der Waals surface area contributed by atoms with Crippen molar-refractivity contribution in [1.29, 1.82) is 0 Å². The van der Waals surface area contributed by atoms with E-state index >= 15 is 0 Å². The van der Waals surface area contributed by atoms with Gasteiger partial charge in [0, 0.05) is 27.6 Å². The molecule has 0 spiro atoms. The zero-order valence-corrected chi connectivity index (χ0v) is 24.9. The predicted octanol–water partition coefficient (Wildman–Crippen LogP) is 6.90. The molecule has 1 aliphatic rings. The molecule has 0 aromatic heterocycles. The van der Waals surface area contributed by atoms with Crippen LogP contribution in [0.25, 0.3) is 16.8 Å². The molecule has 2 atom stereocenters. The van der Waals surface area contributed by atoms with Crippen LogP contribution in [0.1, 0.15) is 41.7 Å². The van der Waals surface area contributed by atoms with Gasteiger partial charge in [0.15, 0.2) is 5.60 Å². The lowest BCUT2D eigenvalue weighted by molar-refractivity contribution is -0.155. The van der Waals surface area contributed by atoms with Gasteiger partial charge in [0.05, 0.1) is 21.3 Å². The number of hydrogen-bond acceptors (Lipinski definition) is 7. The highest BCUT2D eigenvalue weighted by atomic mass is 35.5. The molecule has 8 nitrogen and oxygen atoms in total. The molecule has 4 aromatic rings. The van der Waals surface area contributed by atoms with Gasteiger partial charge in [0.2, 0.25) is 5.38 Å². The highest BCUT2D eigenvalue weighted by molar-refractivity contribution is 6.39. The van der Waals surface area contributed by atoms with Crippen LogP contribution in [0.5, 0.6) is 23.0 Å². The SMILES string of the molecule is CCC(OC(=O)C(Cl)C(=O)O)c1cc2cc(OC)ccc2c2c1C=CC(c1ccc(OC)cc1)(c1ccc(OC)cc1)O2. The fraction of sp³-hybridized carbons (Fsp3) is 0.235. The van der Waals surface area contributed by atoms with Crippen LogP contribution in [0.4, 0.5) is 0 Å². The van der Waals surface area contributed by atoms with E-state index in [-0.39, 0.29) is 0 Å². The third kappa shape index (κ3) is 5.58. The molecule has 1 aliphatic heterocycles. The topological polar surface area (TPSA) is 101 Å². The Balaban J connectivity index is 1.73. The molecule has 0 saturated heterocycles. The van der Waals surface area contributed by atoms with Gasteiger partial charge in [-0.25, -0.2) is 9.59 Å². The van der Waals surface area contributed by atoms with Crippen molar-refractivity contribution in [2.45, 2.75) is 30.4 Å². The van der Waals surface area contributed by atoms with Gasteiger partial charge in [-0.3, -0.25) is 0 Å². The molecule has 43 heavy (non-hydrogen) atoms. The third-order valence-corrected chi connectivity index (χ3v) is 7.92. The van der Waals surface area contributed by atoms with E-state index in [1.54, 1.807) is 21.3 Å². The molecule has 5 rings (SSSR count). The second kappa shape index (κ2) is 12.3. The van der Waals surface area contributed by atoms with E-state index in [0.717, 1.165) is 21.9 Å². The van der Waals surface area contributed by atoms with Gasteiger partial charge < -0.3 is 28.8 Å². The van der Waals surface area contributed by atoms with Crippen LogP contribution < -0.4 is 18.9 Å². The van der Waals surface area contributed by atoms with Crippen molar-refractivity contribution in [1.82, 2.24) is 0 Å². The Morgan fingerprint density at radius 3 is 1.93 bits per heavy atom. The zero-order valence-electron chi connectivity index (χ0n) is 24.1. The Labute approximate surface area is 254 Å². The van der Waals surface area contributed by atoms with Crippen LogP contribution in [-0.4, -0.2) is 43.8 Å². The van der Waals surface area contributed by atoms with Gasteiger partial charge in [-0.05, 0) is 66.4 Å². The zero-order chi connectivity index (χ0) is 30.7. The molecule has 1 N–H and O–H groups in total. The number of hydrogen-bond donors (Lipinski definition) is 1. The van der Waals surface area contributed by atoms with Crippen molar-refractivity contribution < 1.29 is 38.4 Å². The number of carbonyl (C=O) groups excluding carboxylic acids is 1. The molecule has 0 aliphatic carbocycles. The van der Waals surface area contributed by atoms with Crippen LogP contribution in [-0.2, 0) is 19.9 Å². The van der Waals surface area contributed by atoms with Crippen molar-refractivity contribution in [3.05, 3.63) is 101 Å². The fourth-order valence-corrected chi connectivity index (χ4v) is 5.33. The number of methoxy groups -OCH3 is 3. The van der Waals surface area contributed by atoms with Crippen LogP contribution in [0.2, 0.25) is 0 Å². The minimum absolute atomic E-state index is 0.368. The molecule has 0 radical (unpaired) electrons. The lowest BCUT2D eigenvalue weighted by Crippen LogP contribution is -2.34. The maximum atomic E-state index is 12.6. The van der Waals surface area contributed by atoms with E-state index < -0.39 is 29.0 Å². The first-order valence-electron chi connectivity index (χ1n) is 13.6. The molecular weight excluding hydrogens is 572 g/mol. The number of rotatable bonds is 10. The highest BCUT2D eigenvalue weighted by Crippen LogP contribution is 2.48. The summed E-state index contributed by atoms with van der Waals surface area (Å²) in [6.45, 7) is 1.84. The van der Waals surface area contributed by atoms with E-state index in [9.17, 15) is 14.7 Å². The van der Waals surface area contributed by atoms with E-state index in [0.29, 0.717) is 40.5 Å². The molecule has 222 valence electrons. The Morgan fingerprint density at radius 1 is 0.860 bits per heavy atom. The maximum Gasteiger partial charge on any atom is 0.336 e. The van der Waals surface area contributed by atoms with Crippen LogP contribution in [0, 0.1) is 0 Å². The minimum atomic E-state index is -1.82. The van der Waals surface area contributed by atoms with Crippen molar-refractivity contribution in [3.8, 4) is 23.0 Å². The largest absolute Gasteiger partial charge is 0.497 e. The number of carboxylic acids is 1. The summed E-state index contributed by atoms with van der Waals surface area (Å²) in [6.07, 6.45) is 3.50. The lowest BCUT2D eigenvalue weighted by Gasteiger charge is -2.38. The molecule has 1 heterocycles. The summed E-state index contributed by atoms with van der Waals surface area (Å²) >= 11 is 5.80. The second-order valence-electron chi connectivity index (χ2n) is 9.96. The molecule has 0 saturated carbocycles. The summed E-state index contributed by atoms with van der Waals surface area (Å²) in [5.74, 6) is 0.115.